The third-order valence-electron chi connectivity index (χ3n) is 4.32. The molecular weight excluding hydrogens is 284 g/mol. The fourth-order valence-corrected chi connectivity index (χ4v) is 3.05. The van der Waals surface area contributed by atoms with Gasteiger partial charge in [0.2, 0.25) is 5.91 Å². The Hall–Kier alpha value is -1.47. The van der Waals surface area contributed by atoms with E-state index in [-0.39, 0.29) is 24.0 Å². The zero-order valence-corrected chi connectivity index (χ0v) is 13.7. The van der Waals surface area contributed by atoms with E-state index in [1.165, 1.54) is 5.01 Å². The zero-order chi connectivity index (χ0) is 16.3. The van der Waals surface area contributed by atoms with Crippen LogP contribution in [0.5, 0.6) is 0 Å². The third kappa shape index (κ3) is 3.84. The van der Waals surface area contributed by atoms with Gasteiger partial charge >= 0.3 is 0 Å². The Labute approximate surface area is 131 Å². The van der Waals surface area contributed by atoms with Gasteiger partial charge in [-0.3, -0.25) is 14.5 Å². The molecule has 0 spiro atoms. The van der Waals surface area contributed by atoms with Gasteiger partial charge in [0.1, 0.15) is 5.71 Å². The SMILES string of the molecule is CC[C@@H]1CN(C(=O)C2=NN(C)C(=O)CC2)CCN1C[C@H](C)O. The molecule has 0 aliphatic carbocycles. The number of piperazine rings is 1. The fraction of sp³-hybridized carbons (Fsp3) is 0.800. The van der Waals surface area contributed by atoms with Crippen LogP contribution in [-0.4, -0.2) is 82.8 Å². The minimum atomic E-state index is -0.362. The Morgan fingerprint density at radius 2 is 2.14 bits per heavy atom. The maximum atomic E-state index is 12.6. The average molecular weight is 310 g/mol. The van der Waals surface area contributed by atoms with Crippen molar-refractivity contribution in [2.24, 2.45) is 5.10 Å². The first-order chi connectivity index (χ1) is 10.4. The van der Waals surface area contributed by atoms with E-state index < -0.39 is 0 Å². The maximum absolute atomic E-state index is 12.6. The van der Waals surface area contributed by atoms with Gasteiger partial charge in [-0.25, -0.2) is 5.01 Å². The lowest BCUT2D eigenvalue weighted by Crippen LogP contribution is -2.57. The van der Waals surface area contributed by atoms with Crippen LogP contribution in [0, 0.1) is 0 Å². The first-order valence-corrected chi connectivity index (χ1v) is 7.97. The number of aliphatic hydroxyl groups is 1. The minimum absolute atomic E-state index is 0.0512. The lowest BCUT2D eigenvalue weighted by atomic mass is 10.1. The van der Waals surface area contributed by atoms with Gasteiger partial charge < -0.3 is 10.0 Å². The third-order valence-corrected chi connectivity index (χ3v) is 4.32. The number of amides is 2. The van der Waals surface area contributed by atoms with Gasteiger partial charge in [-0.05, 0) is 13.3 Å². The average Bonchev–Trinajstić information content (AvgIpc) is 2.49. The van der Waals surface area contributed by atoms with Gasteiger partial charge in [-0.2, -0.15) is 5.10 Å². The Balaban J connectivity index is 2.00. The molecule has 1 fully saturated rings. The summed E-state index contributed by atoms with van der Waals surface area (Å²) in [5.41, 5.74) is 0.473. The molecular formula is C15H26N4O3. The number of hydrogen-bond donors (Lipinski definition) is 1. The number of carbonyl (C=O) groups is 2. The van der Waals surface area contributed by atoms with Gasteiger partial charge in [-0.1, -0.05) is 6.92 Å². The summed E-state index contributed by atoms with van der Waals surface area (Å²) in [4.78, 5) is 28.1. The van der Waals surface area contributed by atoms with Crippen molar-refractivity contribution in [3.8, 4) is 0 Å². The van der Waals surface area contributed by atoms with E-state index in [1.54, 1.807) is 14.0 Å². The number of rotatable bonds is 4. The lowest BCUT2D eigenvalue weighted by molar-refractivity contribution is -0.131. The predicted molar refractivity (Wildman–Crippen MR) is 83.4 cm³/mol. The molecule has 2 atom stereocenters. The summed E-state index contributed by atoms with van der Waals surface area (Å²) in [7, 11) is 1.59. The maximum Gasteiger partial charge on any atom is 0.270 e. The van der Waals surface area contributed by atoms with Crippen LogP contribution in [0.1, 0.15) is 33.1 Å². The summed E-state index contributed by atoms with van der Waals surface area (Å²) in [5, 5.41) is 14.9. The normalized spacial score (nSPS) is 25.2. The minimum Gasteiger partial charge on any atom is -0.392 e. The standard InChI is InChI=1S/C15H26N4O3/c1-4-12-10-19(8-7-18(12)9-11(2)20)15(22)13-5-6-14(21)17(3)16-13/h11-12,20H,4-10H2,1-3H3/t11-,12+/m0/s1. The highest BCUT2D eigenvalue weighted by Crippen LogP contribution is 2.16. The van der Waals surface area contributed by atoms with Crippen molar-refractivity contribution in [1.82, 2.24) is 14.8 Å². The molecule has 0 unspecified atom stereocenters. The van der Waals surface area contributed by atoms with Crippen molar-refractivity contribution in [2.75, 3.05) is 33.2 Å². The van der Waals surface area contributed by atoms with Crippen LogP contribution in [-0.2, 0) is 9.59 Å². The molecule has 0 aromatic carbocycles. The van der Waals surface area contributed by atoms with E-state index in [1.807, 2.05) is 4.90 Å². The smallest absolute Gasteiger partial charge is 0.270 e. The van der Waals surface area contributed by atoms with Crippen molar-refractivity contribution >= 4 is 17.5 Å². The molecule has 0 bridgehead atoms. The van der Waals surface area contributed by atoms with E-state index in [0.717, 1.165) is 13.0 Å². The Morgan fingerprint density at radius 1 is 1.41 bits per heavy atom. The van der Waals surface area contributed by atoms with Gasteiger partial charge in [0.25, 0.3) is 5.91 Å². The largest absolute Gasteiger partial charge is 0.392 e. The van der Waals surface area contributed by atoms with E-state index in [2.05, 4.69) is 16.9 Å². The van der Waals surface area contributed by atoms with Crippen molar-refractivity contribution in [3.05, 3.63) is 0 Å². The first-order valence-electron chi connectivity index (χ1n) is 7.97. The van der Waals surface area contributed by atoms with Gasteiger partial charge in [0.05, 0.1) is 6.10 Å². The van der Waals surface area contributed by atoms with Crippen LogP contribution in [0.25, 0.3) is 0 Å². The fourth-order valence-electron chi connectivity index (χ4n) is 3.05. The second kappa shape index (κ2) is 7.19. The molecule has 0 saturated carbocycles. The highest BCUT2D eigenvalue weighted by Gasteiger charge is 2.32. The second-order valence-electron chi connectivity index (χ2n) is 6.12. The van der Waals surface area contributed by atoms with Gasteiger partial charge in [-0.15, -0.1) is 0 Å². The molecule has 0 radical (unpaired) electrons. The molecule has 7 heteroatoms. The molecule has 7 nitrogen and oxygen atoms in total. The number of hydrazone groups is 1. The van der Waals surface area contributed by atoms with E-state index in [4.69, 9.17) is 0 Å². The van der Waals surface area contributed by atoms with Crippen LogP contribution in [0.2, 0.25) is 0 Å². The van der Waals surface area contributed by atoms with Crippen molar-refractivity contribution in [2.45, 2.75) is 45.3 Å². The summed E-state index contributed by atoms with van der Waals surface area (Å²) in [5.74, 6) is -0.112. The van der Waals surface area contributed by atoms with Crippen LogP contribution >= 0.6 is 0 Å². The first kappa shape index (κ1) is 16.9. The zero-order valence-electron chi connectivity index (χ0n) is 13.7. The number of carbonyl (C=O) groups excluding carboxylic acids is 2. The lowest BCUT2D eigenvalue weighted by Gasteiger charge is -2.42. The van der Waals surface area contributed by atoms with E-state index in [0.29, 0.717) is 38.2 Å². The summed E-state index contributed by atoms with van der Waals surface area (Å²) < 4.78 is 0. The number of aliphatic hydroxyl groups excluding tert-OH is 1. The predicted octanol–water partition coefficient (Wildman–Crippen LogP) is -0.102. The summed E-state index contributed by atoms with van der Waals surface area (Å²) in [6.45, 7) is 6.57. The molecule has 124 valence electrons. The summed E-state index contributed by atoms with van der Waals surface area (Å²) in [6, 6.07) is 0.260. The molecule has 2 heterocycles. The molecule has 0 aromatic heterocycles. The Morgan fingerprint density at radius 3 is 2.73 bits per heavy atom. The van der Waals surface area contributed by atoms with Crippen molar-refractivity contribution in [1.29, 1.82) is 0 Å². The summed E-state index contributed by atoms with van der Waals surface area (Å²) >= 11 is 0. The molecule has 2 amide bonds. The van der Waals surface area contributed by atoms with Crippen LogP contribution in [0.15, 0.2) is 5.10 Å². The molecule has 1 saturated heterocycles. The van der Waals surface area contributed by atoms with Gasteiger partial charge in [0, 0.05) is 52.1 Å². The number of hydrogen-bond acceptors (Lipinski definition) is 5. The van der Waals surface area contributed by atoms with Crippen molar-refractivity contribution in [3.63, 3.8) is 0 Å². The van der Waals surface area contributed by atoms with Crippen molar-refractivity contribution < 1.29 is 14.7 Å². The monoisotopic (exact) mass is 310 g/mol. The molecule has 0 aromatic rings. The Kier molecular flexibility index (Phi) is 5.52. The molecule has 2 aliphatic heterocycles. The highest BCUT2D eigenvalue weighted by atomic mass is 16.3. The summed E-state index contributed by atoms with van der Waals surface area (Å²) in [6.07, 6.45) is 1.34. The number of β-amino-alcohol motifs (C(OH)–C–C–N with tert-alkyl or cyclic N) is 1. The number of nitrogens with zero attached hydrogens (tertiary/aromatic N) is 4. The van der Waals surface area contributed by atoms with Crippen LogP contribution in [0.4, 0.5) is 0 Å². The highest BCUT2D eigenvalue weighted by molar-refractivity contribution is 6.39. The van der Waals surface area contributed by atoms with E-state index >= 15 is 0 Å². The Bertz CT molecular complexity index is 464. The molecule has 1 N–H and O–H groups in total. The van der Waals surface area contributed by atoms with E-state index in [9.17, 15) is 14.7 Å². The molecule has 22 heavy (non-hydrogen) atoms. The second-order valence-corrected chi connectivity index (χ2v) is 6.12. The topological polar surface area (TPSA) is 76.5 Å². The molecule has 2 rings (SSSR count). The quantitative estimate of drug-likeness (QED) is 0.786. The van der Waals surface area contributed by atoms with Crippen LogP contribution in [0.3, 0.4) is 0 Å². The van der Waals surface area contributed by atoms with Crippen LogP contribution < -0.4 is 0 Å². The van der Waals surface area contributed by atoms with Gasteiger partial charge in [0.15, 0.2) is 0 Å². The molecule has 2 aliphatic rings.